The average molecular weight is 267 g/mol. The summed E-state index contributed by atoms with van der Waals surface area (Å²) < 4.78 is 0. The van der Waals surface area contributed by atoms with Crippen molar-refractivity contribution in [3.63, 3.8) is 0 Å². The average Bonchev–Trinajstić information content (AvgIpc) is 2.75. The molecule has 1 aromatic heterocycles. The molecule has 2 aromatic rings. The molecule has 0 amide bonds. The van der Waals surface area contributed by atoms with Crippen molar-refractivity contribution in [2.75, 3.05) is 31.1 Å². The van der Waals surface area contributed by atoms with Gasteiger partial charge in [-0.1, -0.05) is 30.3 Å². The third-order valence-electron chi connectivity index (χ3n) is 3.85. The second-order valence-electron chi connectivity index (χ2n) is 5.31. The zero-order chi connectivity index (χ0) is 13.6. The van der Waals surface area contributed by atoms with Crippen molar-refractivity contribution in [1.82, 2.24) is 9.88 Å². The summed E-state index contributed by atoms with van der Waals surface area (Å²) in [6.07, 6.45) is 5.01. The van der Waals surface area contributed by atoms with Crippen molar-refractivity contribution in [3.8, 4) is 0 Å². The summed E-state index contributed by atoms with van der Waals surface area (Å²) in [4.78, 5) is 9.21. The van der Waals surface area contributed by atoms with Crippen molar-refractivity contribution < 1.29 is 0 Å². The van der Waals surface area contributed by atoms with Gasteiger partial charge in [0.05, 0.1) is 11.9 Å². The smallest absolute Gasteiger partial charge is 0.0553 e. The molecule has 1 fully saturated rings. The number of rotatable bonds is 3. The van der Waals surface area contributed by atoms with Crippen LogP contribution in [0.15, 0.2) is 54.9 Å². The van der Waals surface area contributed by atoms with Crippen molar-refractivity contribution >= 4 is 5.69 Å². The van der Waals surface area contributed by atoms with Crippen LogP contribution >= 0.6 is 0 Å². The number of hydrogen-bond acceptors (Lipinski definition) is 3. The van der Waals surface area contributed by atoms with E-state index in [-0.39, 0.29) is 0 Å². The quantitative estimate of drug-likeness (QED) is 0.852. The first-order valence-corrected chi connectivity index (χ1v) is 7.33. The molecule has 0 unspecified atom stereocenters. The Balaban J connectivity index is 1.60. The second kappa shape index (κ2) is 6.53. The number of pyridine rings is 1. The zero-order valence-electron chi connectivity index (χ0n) is 11.8. The Morgan fingerprint density at radius 3 is 2.60 bits per heavy atom. The molecule has 3 heteroatoms. The van der Waals surface area contributed by atoms with Gasteiger partial charge in [0.25, 0.3) is 0 Å². The molecule has 0 saturated carbocycles. The van der Waals surface area contributed by atoms with Crippen LogP contribution in [0.5, 0.6) is 0 Å². The van der Waals surface area contributed by atoms with Crippen LogP contribution in [0.2, 0.25) is 0 Å². The van der Waals surface area contributed by atoms with Gasteiger partial charge < -0.3 is 4.90 Å². The van der Waals surface area contributed by atoms with Crippen molar-refractivity contribution in [2.45, 2.75) is 13.0 Å². The Kier molecular flexibility index (Phi) is 4.28. The number of nitrogens with zero attached hydrogens (tertiary/aromatic N) is 3. The highest BCUT2D eigenvalue weighted by Crippen LogP contribution is 2.15. The molecule has 2 heterocycles. The topological polar surface area (TPSA) is 19.4 Å². The first-order chi connectivity index (χ1) is 9.92. The van der Waals surface area contributed by atoms with E-state index in [0.29, 0.717) is 0 Å². The van der Waals surface area contributed by atoms with Gasteiger partial charge in [-0.05, 0) is 24.1 Å². The lowest BCUT2D eigenvalue weighted by Crippen LogP contribution is -2.30. The van der Waals surface area contributed by atoms with E-state index in [0.717, 1.165) is 26.2 Å². The Labute approximate surface area is 120 Å². The molecule has 1 aliphatic heterocycles. The number of aromatic nitrogens is 1. The first kappa shape index (κ1) is 13.1. The van der Waals surface area contributed by atoms with Crippen molar-refractivity contribution in [3.05, 3.63) is 60.4 Å². The van der Waals surface area contributed by atoms with Crippen LogP contribution in [-0.2, 0) is 6.54 Å². The lowest BCUT2D eigenvalue weighted by molar-refractivity contribution is 0.285. The van der Waals surface area contributed by atoms with Crippen LogP contribution in [0.1, 0.15) is 12.0 Å². The van der Waals surface area contributed by atoms with Crippen molar-refractivity contribution in [2.24, 2.45) is 0 Å². The zero-order valence-corrected chi connectivity index (χ0v) is 11.8. The van der Waals surface area contributed by atoms with Crippen LogP contribution in [-0.4, -0.2) is 36.1 Å². The summed E-state index contributed by atoms with van der Waals surface area (Å²) in [6.45, 7) is 5.55. The normalized spacial score (nSPS) is 16.9. The fourth-order valence-corrected chi connectivity index (χ4v) is 2.77. The van der Waals surface area contributed by atoms with Gasteiger partial charge in [-0.15, -0.1) is 0 Å². The highest BCUT2D eigenvalue weighted by atomic mass is 15.2. The fraction of sp³-hybridized carbons (Fsp3) is 0.353. The summed E-state index contributed by atoms with van der Waals surface area (Å²) in [5.41, 5.74) is 2.65. The molecule has 104 valence electrons. The Morgan fingerprint density at radius 2 is 1.80 bits per heavy atom. The van der Waals surface area contributed by atoms with Crippen molar-refractivity contribution in [1.29, 1.82) is 0 Å². The lowest BCUT2D eigenvalue weighted by Gasteiger charge is -2.23. The number of anilines is 1. The predicted octanol–water partition coefficient (Wildman–Crippen LogP) is 2.79. The third-order valence-corrected chi connectivity index (χ3v) is 3.85. The minimum absolute atomic E-state index is 1.06. The maximum Gasteiger partial charge on any atom is 0.0553 e. The molecule has 0 aliphatic carbocycles. The van der Waals surface area contributed by atoms with Gasteiger partial charge in [-0.3, -0.25) is 9.88 Å². The summed E-state index contributed by atoms with van der Waals surface area (Å²) in [7, 11) is 0. The molecule has 1 aromatic carbocycles. The molecular weight excluding hydrogens is 246 g/mol. The first-order valence-electron chi connectivity index (χ1n) is 7.33. The fourth-order valence-electron chi connectivity index (χ4n) is 2.77. The van der Waals surface area contributed by atoms with Gasteiger partial charge in [0.15, 0.2) is 0 Å². The summed E-state index contributed by atoms with van der Waals surface area (Å²) in [5, 5.41) is 0. The molecule has 0 atom stereocenters. The maximum atomic E-state index is 4.22. The van der Waals surface area contributed by atoms with Gasteiger partial charge in [0, 0.05) is 38.9 Å². The van der Waals surface area contributed by atoms with Gasteiger partial charge >= 0.3 is 0 Å². The Hall–Kier alpha value is -1.87. The van der Waals surface area contributed by atoms with Crippen LogP contribution in [0.4, 0.5) is 5.69 Å². The lowest BCUT2D eigenvalue weighted by atomic mass is 10.2. The molecule has 0 spiro atoms. The van der Waals surface area contributed by atoms with E-state index >= 15 is 0 Å². The molecule has 0 N–H and O–H groups in total. The molecule has 1 saturated heterocycles. The Bertz CT molecular complexity index is 512. The molecule has 1 aliphatic rings. The van der Waals surface area contributed by atoms with E-state index in [9.17, 15) is 0 Å². The molecule has 0 radical (unpaired) electrons. The SMILES string of the molecule is c1ccc(CN2CCCN(c3cccnc3)CC2)cc1. The summed E-state index contributed by atoms with van der Waals surface area (Å²) >= 11 is 0. The van der Waals surface area contributed by atoms with Crippen LogP contribution in [0.25, 0.3) is 0 Å². The molecule has 20 heavy (non-hydrogen) atoms. The van der Waals surface area contributed by atoms with Gasteiger partial charge in [0.1, 0.15) is 0 Å². The molecular formula is C17H21N3. The summed E-state index contributed by atoms with van der Waals surface area (Å²) in [6, 6.07) is 14.9. The molecule has 3 nitrogen and oxygen atoms in total. The molecule has 0 bridgehead atoms. The largest absolute Gasteiger partial charge is 0.369 e. The van der Waals surface area contributed by atoms with E-state index in [1.807, 2.05) is 18.5 Å². The van der Waals surface area contributed by atoms with E-state index in [2.05, 4.69) is 51.2 Å². The predicted molar refractivity (Wildman–Crippen MR) is 82.8 cm³/mol. The van der Waals surface area contributed by atoms with Gasteiger partial charge in [-0.2, -0.15) is 0 Å². The highest BCUT2D eigenvalue weighted by Gasteiger charge is 2.15. The standard InChI is InChI=1S/C17H21N3/c1-2-6-16(7-3-1)15-19-10-5-11-20(13-12-19)17-8-4-9-18-14-17/h1-4,6-9,14H,5,10-13,15H2. The number of hydrogen-bond donors (Lipinski definition) is 0. The third kappa shape index (κ3) is 3.36. The summed E-state index contributed by atoms with van der Waals surface area (Å²) in [5.74, 6) is 0. The maximum absolute atomic E-state index is 4.22. The van der Waals surface area contributed by atoms with E-state index in [1.165, 1.54) is 24.2 Å². The van der Waals surface area contributed by atoms with Crippen LogP contribution in [0, 0.1) is 0 Å². The van der Waals surface area contributed by atoms with Crippen LogP contribution < -0.4 is 4.90 Å². The monoisotopic (exact) mass is 267 g/mol. The second-order valence-corrected chi connectivity index (χ2v) is 5.31. The number of benzene rings is 1. The van der Waals surface area contributed by atoms with Gasteiger partial charge in [-0.25, -0.2) is 0 Å². The van der Waals surface area contributed by atoms with E-state index < -0.39 is 0 Å². The van der Waals surface area contributed by atoms with E-state index in [4.69, 9.17) is 0 Å². The Morgan fingerprint density at radius 1 is 0.900 bits per heavy atom. The van der Waals surface area contributed by atoms with Crippen LogP contribution in [0.3, 0.4) is 0 Å². The minimum Gasteiger partial charge on any atom is -0.369 e. The minimum atomic E-state index is 1.06. The van der Waals surface area contributed by atoms with E-state index in [1.54, 1.807) is 0 Å². The van der Waals surface area contributed by atoms with Gasteiger partial charge in [0.2, 0.25) is 0 Å². The molecule has 3 rings (SSSR count). The highest BCUT2D eigenvalue weighted by molar-refractivity contribution is 5.43.